The van der Waals surface area contributed by atoms with Gasteiger partial charge in [0.25, 0.3) is 0 Å². The number of carboxylic acid groups (broad SMARTS) is 1. The Morgan fingerprint density at radius 3 is 2.12 bits per heavy atom. The summed E-state index contributed by atoms with van der Waals surface area (Å²) in [7, 11) is 2.79. The summed E-state index contributed by atoms with van der Waals surface area (Å²) in [6, 6.07) is 2.66. The van der Waals surface area contributed by atoms with E-state index in [4.69, 9.17) is 24.4 Å². The number of aliphatic hydroxyl groups is 1. The lowest BCUT2D eigenvalue weighted by atomic mass is 10.2. The first kappa shape index (κ1) is 13.1. The number of benzene rings is 1. The van der Waals surface area contributed by atoms with Crippen LogP contribution in [0, 0.1) is 0 Å². The lowest BCUT2D eigenvalue weighted by Crippen LogP contribution is -2.06. The van der Waals surface area contributed by atoms with E-state index in [1.807, 2.05) is 0 Å². The molecule has 0 atom stereocenters. The standard InChI is InChI=1S/C11H14O6/c1-15-8-5-7(11(13)14)6-9(16-2)10(8)17-4-3-12/h5-6,12H,3-4H2,1-2H3,(H,13,14). The molecule has 0 radical (unpaired) electrons. The molecule has 17 heavy (non-hydrogen) atoms. The summed E-state index contributed by atoms with van der Waals surface area (Å²) in [5, 5.41) is 17.6. The van der Waals surface area contributed by atoms with E-state index in [0.717, 1.165) is 0 Å². The van der Waals surface area contributed by atoms with E-state index in [1.165, 1.54) is 26.4 Å². The van der Waals surface area contributed by atoms with Crippen LogP contribution in [0.4, 0.5) is 0 Å². The Bertz CT molecular complexity index is 376. The topological polar surface area (TPSA) is 85.2 Å². The third-order valence-corrected chi connectivity index (χ3v) is 2.05. The van der Waals surface area contributed by atoms with Crippen molar-refractivity contribution in [3.05, 3.63) is 17.7 Å². The number of hydrogen-bond donors (Lipinski definition) is 2. The third kappa shape index (κ3) is 3.01. The van der Waals surface area contributed by atoms with Crippen LogP contribution >= 0.6 is 0 Å². The zero-order valence-corrected chi connectivity index (χ0v) is 9.60. The number of aromatic carboxylic acids is 1. The minimum absolute atomic E-state index is 0.0371. The van der Waals surface area contributed by atoms with Crippen LogP contribution in [0.25, 0.3) is 0 Å². The maximum atomic E-state index is 10.9. The zero-order chi connectivity index (χ0) is 12.8. The van der Waals surface area contributed by atoms with Gasteiger partial charge in [0.15, 0.2) is 11.5 Å². The van der Waals surface area contributed by atoms with Crippen molar-refractivity contribution in [2.24, 2.45) is 0 Å². The summed E-state index contributed by atoms with van der Waals surface area (Å²) in [5.41, 5.74) is 0.0371. The second kappa shape index (κ2) is 5.95. The fourth-order valence-corrected chi connectivity index (χ4v) is 1.29. The van der Waals surface area contributed by atoms with Crippen molar-refractivity contribution >= 4 is 5.97 Å². The number of carboxylic acids is 1. The highest BCUT2D eigenvalue weighted by atomic mass is 16.5. The number of carbonyl (C=O) groups is 1. The van der Waals surface area contributed by atoms with Crippen LogP contribution < -0.4 is 14.2 Å². The molecule has 0 aromatic heterocycles. The summed E-state index contributed by atoms with van der Waals surface area (Å²) < 4.78 is 15.3. The molecule has 6 heteroatoms. The molecule has 1 rings (SSSR count). The van der Waals surface area contributed by atoms with E-state index < -0.39 is 5.97 Å². The second-order valence-corrected chi connectivity index (χ2v) is 3.09. The maximum absolute atomic E-state index is 10.9. The quantitative estimate of drug-likeness (QED) is 0.766. The SMILES string of the molecule is COc1cc(C(=O)O)cc(OC)c1OCCO. The minimum Gasteiger partial charge on any atom is -0.493 e. The van der Waals surface area contributed by atoms with Crippen molar-refractivity contribution in [2.75, 3.05) is 27.4 Å². The molecule has 0 heterocycles. The summed E-state index contributed by atoms with van der Waals surface area (Å²) >= 11 is 0. The first-order chi connectivity index (χ1) is 8.13. The van der Waals surface area contributed by atoms with Crippen LogP contribution in [0.2, 0.25) is 0 Å². The second-order valence-electron chi connectivity index (χ2n) is 3.09. The highest BCUT2D eigenvalue weighted by molar-refractivity contribution is 5.89. The van der Waals surface area contributed by atoms with Crippen LogP contribution in [0.5, 0.6) is 17.2 Å². The van der Waals surface area contributed by atoms with Crippen molar-refractivity contribution in [3.63, 3.8) is 0 Å². The summed E-state index contributed by atoms with van der Waals surface area (Å²) in [5.74, 6) is -0.324. The Hall–Kier alpha value is -1.95. The summed E-state index contributed by atoms with van der Waals surface area (Å²) in [6.07, 6.45) is 0. The number of hydrogen-bond acceptors (Lipinski definition) is 5. The highest BCUT2D eigenvalue weighted by Crippen LogP contribution is 2.38. The van der Waals surface area contributed by atoms with Crippen molar-refractivity contribution in [1.29, 1.82) is 0 Å². The Morgan fingerprint density at radius 2 is 1.76 bits per heavy atom. The van der Waals surface area contributed by atoms with Gasteiger partial charge in [0.05, 0.1) is 26.4 Å². The molecule has 0 bridgehead atoms. The van der Waals surface area contributed by atoms with E-state index in [2.05, 4.69) is 0 Å². The van der Waals surface area contributed by atoms with E-state index in [1.54, 1.807) is 0 Å². The van der Waals surface area contributed by atoms with Gasteiger partial charge < -0.3 is 24.4 Å². The molecule has 0 unspecified atom stereocenters. The van der Waals surface area contributed by atoms with Gasteiger partial charge in [-0.3, -0.25) is 0 Å². The predicted molar refractivity (Wildman–Crippen MR) is 59.1 cm³/mol. The first-order valence-electron chi connectivity index (χ1n) is 4.87. The largest absolute Gasteiger partial charge is 0.493 e. The number of rotatable bonds is 6. The van der Waals surface area contributed by atoms with Crippen molar-refractivity contribution in [2.45, 2.75) is 0 Å². The van der Waals surface area contributed by atoms with E-state index in [-0.39, 0.29) is 36.0 Å². The average molecular weight is 242 g/mol. The summed E-state index contributed by atoms with van der Waals surface area (Å²) in [4.78, 5) is 10.9. The minimum atomic E-state index is -1.09. The van der Waals surface area contributed by atoms with Gasteiger partial charge in [-0.2, -0.15) is 0 Å². The predicted octanol–water partition coefficient (Wildman–Crippen LogP) is 0.773. The Kier molecular flexibility index (Phi) is 4.59. The van der Waals surface area contributed by atoms with Crippen molar-refractivity contribution in [3.8, 4) is 17.2 Å². The molecule has 0 saturated heterocycles. The van der Waals surface area contributed by atoms with Gasteiger partial charge in [0.1, 0.15) is 6.61 Å². The molecule has 0 amide bonds. The van der Waals surface area contributed by atoms with Crippen LogP contribution in [-0.4, -0.2) is 43.6 Å². The number of aliphatic hydroxyl groups excluding tert-OH is 1. The first-order valence-corrected chi connectivity index (χ1v) is 4.87. The van der Waals surface area contributed by atoms with Crippen LogP contribution in [0.1, 0.15) is 10.4 Å². The monoisotopic (exact) mass is 242 g/mol. The van der Waals surface area contributed by atoms with Gasteiger partial charge in [-0.1, -0.05) is 0 Å². The molecule has 0 spiro atoms. The molecule has 6 nitrogen and oxygen atoms in total. The van der Waals surface area contributed by atoms with Crippen LogP contribution in [0.3, 0.4) is 0 Å². The van der Waals surface area contributed by atoms with E-state index in [9.17, 15) is 4.79 Å². The van der Waals surface area contributed by atoms with Gasteiger partial charge in [0, 0.05) is 0 Å². The molecular formula is C11H14O6. The van der Waals surface area contributed by atoms with Gasteiger partial charge in [-0.15, -0.1) is 0 Å². The molecule has 0 fully saturated rings. The molecule has 0 aliphatic heterocycles. The molecule has 94 valence electrons. The zero-order valence-electron chi connectivity index (χ0n) is 9.60. The lowest BCUT2D eigenvalue weighted by Gasteiger charge is -2.14. The van der Waals surface area contributed by atoms with Gasteiger partial charge in [0.2, 0.25) is 5.75 Å². The lowest BCUT2D eigenvalue weighted by molar-refractivity contribution is 0.0695. The van der Waals surface area contributed by atoms with Gasteiger partial charge in [-0.25, -0.2) is 4.79 Å². The van der Waals surface area contributed by atoms with Crippen molar-refractivity contribution in [1.82, 2.24) is 0 Å². The molecule has 1 aromatic carbocycles. The molecule has 0 aliphatic rings. The van der Waals surface area contributed by atoms with Gasteiger partial charge in [-0.05, 0) is 12.1 Å². The fourth-order valence-electron chi connectivity index (χ4n) is 1.29. The Labute approximate surface area is 98.3 Å². The molecular weight excluding hydrogens is 228 g/mol. The molecule has 0 aliphatic carbocycles. The smallest absolute Gasteiger partial charge is 0.335 e. The average Bonchev–Trinajstić information content (AvgIpc) is 2.34. The third-order valence-electron chi connectivity index (χ3n) is 2.05. The van der Waals surface area contributed by atoms with E-state index >= 15 is 0 Å². The Balaban J connectivity index is 3.21. The maximum Gasteiger partial charge on any atom is 0.335 e. The van der Waals surface area contributed by atoms with Crippen LogP contribution in [-0.2, 0) is 0 Å². The van der Waals surface area contributed by atoms with Gasteiger partial charge >= 0.3 is 5.97 Å². The fraction of sp³-hybridized carbons (Fsp3) is 0.364. The number of ether oxygens (including phenoxy) is 3. The normalized spacial score (nSPS) is 9.82. The highest BCUT2D eigenvalue weighted by Gasteiger charge is 2.16. The number of methoxy groups -OCH3 is 2. The molecule has 0 saturated carbocycles. The van der Waals surface area contributed by atoms with E-state index in [0.29, 0.717) is 0 Å². The molecule has 2 N–H and O–H groups in total. The van der Waals surface area contributed by atoms with Crippen molar-refractivity contribution < 1.29 is 29.2 Å². The molecule has 1 aromatic rings. The Morgan fingerprint density at radius 1 is 1.24 bits per heavy atom. The summed E-state index contributed by atoms with van der Waals surface area (Å²) in [6.45, 7) is -0.0911. The van der Waals surface area contributed by atoms with Crippen LogP contribution in [0.15, 0.2) is 12.1 Å².